The molecule has 2 heterocycles. The summed E-state index contributed by atoms with van der Waals surface area (Å²) >= 11 is 0. The first-order chi connectivity index (χ1) is 12.0. The van der Waals surface area contributed by atoms with Gasteiger partial charge in [-0.25, -0.2) is 0 Å². The first kappa shape index (κ1) is 15.3. The van der Waals surface area contributed by atoms with Crippen LogP contribution in [0.4, 0.5) is 0 Å². The van der Waals surface area contributed by atoms with Gasteiger partial charge in [-0.3, -0.25) is 9.59 Å². The van der Waals surface area contributed by atoms with Gasteiger partial charge in [-0.2, -0.15) is 9.97 Å². The highest BCUT2D eigenvalue weighted by Gasteiger charge is 2.08. The molecule has 0 aliphatic rings. The Labute approximate surface area is 141 Å². The van der Waals surface area contributed by atoms with Crippen LogP contribution in [0.1, 0.15) is 22.9 Å². The van der Waals surface area contributed by atoms with Crippen molar-refractivity contribution in [3.05, 3.63) is 80.0 Å². The summed E-state index contributed by atoms with van der Waals surface area (Å²) in [6, 6.07) is 10.9. The van der Waals surface area contributed by atoms with Crippen LogP contribution in [0.5, 0.6) is 0 Å². The highest BCUT2D eigenvalue weighted by atomic mass is 16.3. The maximum atomic E-state index is 12.0. The second-order valence-corrected chi connectivity index (χ2v) is 5.91. The van der Waals surface area contributed by atoms with Crippen molar-refractivity contribution in [3.63, 3.8) is 0 Å². The second kappa shape index (κ2) is 5.66. The molecular formula is C19H14N2O4. The summed E-state index contributed by atoms with van der Waals surface area (Å²) < 4.78 is 10.9. The van der Waals surface area contributed by atoms with Crippen LogP contribution in [-0.4, -0.2) is 9.97 Å². The van der Waals surface area contributed by atoms with Crippen LogP contribution in [0, 0.1) is 13.8 Å². The maximum Gasteiger partial charge on any atom is 0.283 e. The Morgan fingerprint density at radius 1 is 0.760 bits per heavy atom. The fourth-order valence-corrected chi connectivity index (χ4v) is 2.89. The Morgan fingerprint density at radius 2 is 1.20 bits per heavy atom. The number of hydrogen-bond acceptors (Lipinski definition) is 6. The molecule has 0 radical (unpaired) electrons. The molecule has 4 rings (SSSR count). The highest BCUT2D eigenvalue weighted by molar-refractivity contribution is 5.77. The Kier molecular flexibility index (Phi) is 3.46. The minimum Gasteiger partial charge on any atom is -0.442 e. The van der Waals surface area contributed by atoms with Gasteiger partial charge in [0, 0.05) is 13.8 Å². The predicted molar refractivity (Wildman–Crippen MR) is 92.8 cm³/mol. The summed E-state index contributed by atoms with van der Waals surface area (Å²) in [5.41, 5.74) is 2.27. The molecule has 0 saturated heterocycles. The van der Waals surface area contributed by atoms with E-state index in [1.54, 1.807) is 38.1 Å². The normalized spacial score (nSPS) is 11.3. The summed E-state index contributed by atoms with van der Waals surface area (Å²) in [6.45, 7) is 3.29. The van der Waals surface area contributed by atoms with Crippen LogP contribution in [-0.2, 0) is 6.42 Å². The molecule has 0 fully saturated rings. The first-order valence-electron chi connectivity index (χ1n) is 7.80. The lowest BCUT2D eigenvalue weighted by Gasteiger charge is -2.05. The Bertz CT molecular complexity index is 1140. The SMILES string of the molecule is Cc1nc(=O)c2cc(Cc3ccc4oc(C)nc(=O)c4c3)ccc2o1. The largest absolute Gasteiger partial charge is 0.442 e. The van der Waals surface area contributed by atoms with Crippen molar-refractivity contribution in [2.24, 2.45) is 0 Å². The number of benzene rings is 2. The second-order valence-electron chi connectivity index (χ2n) is 5.91. The number of nitrogens with zero attached hydrogens (tertiary/aromatic N) is 2. The molecule has 0 aliphatic carbocycles. The molecule has 0 saturated carbocycles. The molecule has 6 heteroatoms. The lowest BCUT2D eigenvalue weighted by Crippen LogP contribution is -2.08. The fraction of sp³-hybridized carbons (Fsp3) is 0.158. The molecule has 0 unspecified atom stereocenters. The quantitative estimate of drug-likeness (QED) is 0.560. The van der Waals surface area contributed by atoms with Crippen LogP contribution in [0.3, 0.4) is 0 Å². The molecule has 2 aromatic heterocycles. The number of rotatable bonds is 2. The third-order valence-corrected chi connectivity index (χ3v) is 3.99. The number of aromatic nitrogens is 2. The summed E-state index contributed by atoms with van der Waals surface area (Å²) in [5, 5.41) is 0.890. The average molecular weight is 334 g/mol. The van der Waals surface area contributed by atoms with Crippen molar-refractivity contribution in [1.82, 2.24) is 9.97 Å². The van der Waals surface area contributed by atoms with Gasteiger partial charge in [0.25, 0.3) is 11.1 Å². The van der Waals surface area contributed by atoms with Gasteiger partial charge in [0.2, 0.25) is 0 Å². The molecule has 6 nitrogen and oxygen atoms in total. The lowest BCUT2D eigenvalue weighted by molar-refractivity contribution is 0.534. The van der Waals surface area contributed by atoms with Gasteiger partial charge in [-0.1, -0.05) is 12.1 Å². The van der Waals surface area contributed by atoms with Gasteiger partial charge in [0.05, 0.1) is 10.8 Å². The lowest BCUT2D eigenvalue weighted by atomic mass is 10.0. The van der Waals surface area contributed by atoms with E-state index in [9.17, 15) is 9.59 Å². The molecule has 4 aromatic rings. The molecule has 25 heavy (non-hydrogen) atoms. The molecule has 124 valence electrons. The van der Waals surface area contributed by atoms with Gasteiger partial charge in [0.1, 0.15) is 11.2 Å². The van der Waals surface area contributed by atoms with Crippen LogP contribution >= 0.6 is 0 Å². The number of hydrogen-bond donors (Lipinski definition) is 0. The molecule has 0 N–H and O–H groups in total. The van der Waals surface area contributed by atoms with E-state index in [0.29, 0.717) is 40.1 Å². The van der Waals surface area contributed by atoms with E-state index >= 15 is 0 Å². The summed E-state index contributed by atoms with van der Waals surface area (Å²) in [4.78, 5) is 31.7. The molecule has 0 amide bonds. The molecule has 2 aromatic carbocycles. The Balaban J connectivity index is 1.77. The minimum atomic E-state index is -0.306. The first-order valence-corrected chi connectivity index (χ1v) is 7.80. The van der Waals surface area contributed by atoms with E-state index in [-0.39, 0.29) is 11.1 Å². The topological polar surface area (TPSA) is 86.2 Å². The maximum absolute atomic E-state index is 12.0. The average Bonchev–Trinajstić information content (AvgIpc) is 2.56. The van der Waals surface area contributed by atoms with Crippen molar-refractivity contribution in [2.45, 2.75) is 20.3 Å². The zero-order valence-electron chi connectivity index (χ0n) is 13.7. The predicted octanol–water partition coefficient (Wildman–Crippen LogP) is 2.90. The van der Waals surface area contributed by atoms with Gasteiger partial charge in [0.15, 0.2) is 11.8 Å². The number of aryl methyl sites for hydroxylation is 2. The fourth-order valence-electron chi connectivity index (χ4n) is 2.89. The van der Waals surface area contributed by atoms with E-state index in [2.05, 4.69) is 9.97 Å². The van der Waals surface area contributed by atoms with Crippen molar-refractivity contribution >= 4 is 21.9 Å². The third-order valence-electron chi connectivity index (χ3n) is 3.99. The molecule has 0 bridgehead atoms. The Hall–Kier alpha value is -3.28. The van der Waals surface area contributed by atoms with E-state index in [1.165, 1.54) is 0 Å². The van der Waals surface area contributed by atoms with E-state index < -0.39 is 0 Å². The smallest absolute Gasteiger partial charge is 0.283 e. The minimum absolute atomic E-state index is 0.306. The van der Waals surface area contributed by atoms with E-state index in [4.69, 9.17) is 8.83 Å². The van der Waals surface area contributed by atoms with Crippen molar-refractivity contribution < 1.29 is 8.83 Å². The van der Waals surface area contributed by atoms with Crippen LogP contribution in [0.2, 0.25) is 0 Å². The van der Waals surface area contributed by atoms with Crippen LogP contribution in [0.25, 0.3) is 21.9 Å². The van der Waals surface area contributed by atoms with Crippen LogP contribution < -0.4 is 11.1 Å². The van der Waals surface area contributed by atoms with Crippen molar-refractivity contribution in [2.75, 3.05) is 0 Å². The van der Waals surface area contributed by atoms with Gasteiger partial charge in [-0.15, -0.1) is 0 Å². The zero-order chi connectivity index (χ0) is 17.6. The van der Waals surface area contributed by atoms with Crippen molar-refractivity contribution in [1.29, 1.82) is 0 Å². The van der Waals surface area contributed by atoms with Gasteiger partial charge < -0.3 is 8.83 Å². The van der Waals surface area contributed by atoms with Gasteiger partial charge >= 0.3 is 0 Å². The zero-order valence-corrected chi connectivity index (χ0v) is 13.7. The molecule has 0 spiro atoms. The summed E-state index contributed by atoms with van der Waals surface area (Å²) in [6.07, 6.45) is 0.562. The van der Waals surface area contributed by atoms with Gasteiger partial charge in [-0.05, 0) is 41.8 Å². The summed E-state index contributed by atoms with van der Waals surface area (Å²) in [7, 11) is 0. The van der Waals surface area contributed by atoms with E-state index in [1.807, 2.05) is 12.1 Å². The number of fused-ring (bicyclic) bond motifs is 2. The summed E-state index contributed by atoms with van der Waals surface area (Å²) in [5.74, 6) is 0.684. The Morgan fingerprint density at radius 3 is 1.64 bits per heavy atom. The molecule has 0 aliphatic heterocycles. The third kappa shape index (κ3) is 2.82. The monoisotopic (exact) mass is 334 g/mol. The van der Waals surface area contributed by atoms with E-state index in [0.717, 1.165) is 11.1 Å². The molecular weight excluding hydrogens is 320 g/mol. The highest BCUT2D eigenvalue weighted by Crippen LogP contribution is 2.19. The standard InChI is InChI=1S/C19H14N2O4/c1-10-20-18(22)14-8-12(3-5-16(14)24-10)7-13-4-6-17-15(9-13)19(23)21-11(2)25-17/h3-6,8-9H,7H2,1-2H3. The van der Waals surface area contributed by atoms with Crippen LogP contribution in [0.15, 0.2) is 54.8 Å². The molecule has 0 atom stereocenters. The van der Waals surface area contributed by atoms with Crippen molar-refractivity contribution in [3.8, 4) is 0 Å².